The van der Waals surface area contributed by atoms with Crippen molar-refractivity contribution in [1.82, 2.24) is 19.1 Å². The second kappa shape index (κ2) is 4.06. The van der Waals surface area contributed by atoms with Gasteiger partial charge in [0.15, 0.2) is 11.2 Å². The highest BCUT2D eigenvalue weighted by Crippen LogP contribution is 2.08. The first-order valence-electron chi connectivity index (χ1n) is 5.03. The molecule has 0 saturated heterocycles. The predicted molar refractivity (Wildman–Crippen MR) is 61.3 cm³/mol. The van der Waals surface area contributed by atoms with Crippen LogP contribution >= 0.6 is 0 Å². The summed E-state index contributed by atoms with van der Waals surface area (Å²) in [4.78, 5) is 42.1. The summed E-state index contributed by atoms with van der Waals surface area (Å²) in [7, 11) is 2.81. The first-order valence-corrected chi connectivity index (χ1v) is 5.03. The molecule has 0 amide bonds. The highest BCUT2D eigenvalue weighted by Gasteiger charge is 2.12. The van der Waals surface area contributed by atoms with Gasteiger partial charge in [-0.15, -0.1) is 0 Å². The van der Waals surface area contributed by atoms with Crippen LogP contribution in [0.2, 0.25) is 0 Å². The first kappa shape index (κ1) is 12.0. The smallest absolute Gasteiger partial charge is 0.332 e. The lowest BCUT2D eigenvalue weighted by Crippen LogP contribution is -2.37. The van der Waals surface area contributed by atoms with Crippen LogP contribution in [0.25, 0.3) is 11.2 Å². The van der Waals surface area contributed by atoms with E-state index in [2.05, 4.69) is 9.97 Å². The van der Waals surface area contributed by atoms with Crippen molar-refractivity contribution in [3.8, 4) is 5.88 Å². The highest BCUT2D eigenvalue weighted by molar-refractivity contribution is 5.71. The van der Waals surface area contributed by atoms with Crippen molar-refractivity contribution in [3.05, 3.63) is 27.0 Å². The van der Waals surface area contributed by atoms with Crippen molar-refractivity contribution < 1.29 is 9.53 Å². The number of ether oxygens (including phenoxy) is 1. The monoisotopic (exact) mass is 250 g/mol. The molecular formula is C10H10N4O4. The largest absolute Gasteiger partial charge is 0.406 e. The number of nitrogens with zero attached hydrogens (tertiary/aromatic N) is 4. The summed E-state index contributed by atoms with van der Waals surface area (Å²) < 4.78 is 6.85. The molecule has 0 N–H and O–H groups in total. The van der Waals surface area contributed by atoms with Crippen molar-refractivity contribution in [2.24, 2.45) is 14.1 Å². The van der Waals surface area contributed by atoms with Gasteiger partial charge in [-0.05, 0) is 0 Å². The van der Waals surface area contributed by atoms with Crippen molar-refractivity contribution in [3.63, 3.8) is 0 Å². The minimum absolute atomic E-state index is 0.0293. The molecule has 0 aliphatic rings. The molecule has 94 valence electrons. The molecule has 0 aliphatic carbocycles. The second-order valence-corrected chi connectivity index (χ2v) is 3.68. The third-order valence-electron chi connectivity index (χ3n) is 2.38. The number of hydrogen-bond acceptors (Lipinski definition) is 6. The average Bonchev–Trinajstić information content (AvgIpc) is 2.33. The van der Waals surface area contributed by atoms with Gasteiger partial charge >= 0.3 is 11.7 Å². The van der Waals surface area contributed by atoms with Crippen LogP contribution < -0.4 is 16.0 Å². The van der Waals surface area contributed by atoms with Gasteiger partial charge in [0.25, 0.3) is 5.56 Å². The van der Waals surface area contributed by atoms with E-state index in [0.717, 1.165) is 4.57 Å². The summed E-state index contributed by atoms with van der Waals surface area (Å²) in [5, 5.41) is 0. The highest BCUT2D eigenvalue weighted by atomic mass is 16.5. The lowest BCUT2D eigenvalue weighted by molar-refractivity contribution is -0.132. The zero-order valence-electron chi connectivity index (χ0n) is 10.00. The number of hydrogen-bond donors (Lipinski definition) is 0. The SMILES string of the molecule is CC(=O)Oc1cnc2c(n1)c(=O)n(C)c(=O)n2C. The molecule has 0 radical (unpaired) electrons. The normalized spacial score (nSPS) is 10.6. The number of carbonyl (C=O) groups is 1. The van der Waals surface area contributed by atoms with E-state index in [1.807, 2.05) is 0 Å². The van der Waals surface area contributed by atoms with Gasteiger partial charge in [0.05, 0.1) is 6.20 Å². The van der Waals surface area contributed by atoms with Gasteiger partial charge in [-0.1, -0.05) is 0 Å². The fourth-order valence-corrected chi connectivity index (χ4v) is 1.51. The van der Waals surface area contributed by atoms with Gasteiger partial charge in [0.1, 0.15) is 0 Å². The molecule has 0 fully saturated rings. The maximum atomic E-state index is 11.8. The van der Waals surface area contributed by atoms with E-state index in [0.29, 0.717) is 0 Å². The van der Waals surface area contributed by atoms with Crippen molar-refractivity contribution in [2.75, 3.05) is 0 Å². The Morgan fingerprint density at radius 3 is 2.56 bits per heavy atom. The number of fused-ring (bicyclic) bond motifs is 1. The Balaban J connectivity index is 2.82. The van der Waals surface area contributed by atoms with Crippen LogP contribution in [0.3, 0.4) is 0 Å². The Bertz CT molecular complexity index is 759. The fraction of sp³-hybridized carbons (Fsp3) is 0.300. The maximum Gasteiger partial charge on any atom is 0.332 e. The standard InChI is InChI=1S/C10H10N4O4/c1-5(15)18-6-4-11-8-7(12-6)9(16)14(3)10(17)13(8)2/h4H,1-3H3. The molecule has 2 aromatic heterocycles. The van der Waals surface area contributed by atoms with E-state index in [-0.39, 0.29) is 17.0 Å². The topological polar surface area (TPSA) is 96.1 Å². The van der Waals surface area contributed by atoms with Gasteiger partial charge in [0, 0.05) is 21.0 Å². The van der Waals surface area contributed by atoms with Crippen LogP contribution in [-0.2, 0) is 18.9 Å². The Morgan fingerprint density at radius 2 is 1.94 bits per heavy atom. The molecule has 0 saturated carbocycles. The first-order chi connectivity index (χ1) is 8.41. The molecule has 0 aromatic carbocycles. The minimum atomic E-state index is -0.588. The fourth-order valence-electron chi connectivity index (χ4n) is 1.51. The third kappa shape index (κ3) is 1.77. The summed E-state index contributed by atoms with van der Waals surface area (Å²) in [5.74, 6) is -0.643. The predicted octanol–water partition coefficient (Wildman–Crippen LogP) is -1.05. The summed E-state index contributed by atoms with van der Waals surface area (Å²) >= 11 is 0. The third-order valence-corrected chi connectivity index (χ3v) is 2.38. The Labute approximate surface area is 100 Å². The van der Waals surface area contributed by atoms with E-state index in [1.54, 1.807) is 0 Å². The van der Waals surface area contributed by atoms with Gasteiger partial charge in [0.2, 0.25) is 5.88 Å². The molecule has 0 atom stereocenters. The number of aromatic nitrogens is 4. The number of rotatable bonds is 1. The van der Waals surface area contributed by atoms with Gasteiger partial charge in [-0.2, -0.15) is 0 Å². The summed E-state index contributed by atoms with van der Waals surface area (Å²) in [6, 6.07) is 0. The van der Waals surface area contributed by atoms with E-state index in [1.165, 1.54) is 31.8 Å². The van der Waals surface area contributed by atoms with Crippen LogP contribution in [0, 0.1) is 0 Å². The van der Waals surface area contributed by atoms with Gasteiger partial charge in [-0.3, -0.25) is 18.7 Å². The molecule has 0 spiro atoms. The molecule has 2 heterocycles. The maximum absolute atomic E-state index is 11.8. The Hall–Kier alpha value is -2.51. The number of esters is 1. The lowest BCUT2D eigenvalue weighted by atomic mass is 10.5. The van der Waals surface area contributed by atoms with Crippen LogP contribution in [0.15, 0.2) is 15.8 Å². The van der Waals surface area contributed by atoms with Gasteiger partial charge < -0.3 is 4.74 Å². The minimum Gasteiger partial charge on any atom is -0.406 e. The van der Waals surface area contributed by atoms with Crippen LogP contribution in [0.5, 0.6) is 5.88 Å². The molecule has 0 unspecified atom stereocenters. The average molecular weight is 250 g/mol. The number of aryl methyl sites for hydroxylation is 1. The molecule has 18 heavy (non-hydrogen) atoms. The molecule has 8 heteroatoms. The molecule has 0 bridgehead atoms. The van der Waals surface area contributed by atoms with E-state index < -0.39 is 17.2 Å². The molecular weight excluding hydrogens is 240 g/mol. The summed E-state index contributed by atoms with van der Waals surface area (Å²) in [6.07, 6.45) is 1.18. The molecule has 2 aromatic rings. The van der Waals surface area contributed by atoms with Gasteiger partial charge in [-0.25, -0.2) is 14.8 Å². The van der Waals surface area contributed by atoms with Crippen LogP contribution in [0.4, 0.5) is 0 Å². The zero-order chi connectivity index (χ0) is 13.4. The van der Waals surface area contributed by atoms with Crippen molar-refractivity contribution in [2.45, 2.75) is 6.92 Å². The van der Waals surface area contributed by atoms with E-state index >= 15 is 0 Å². The van der Waals surface area contributed by atoms with Crippen molar-refractivity contribution >= 4 is 17.1 Å². The Morgan fingerprint density at radius 1 is 1.28 bits per heavy atom. The van der Waals surface area contributed by atoms with Crippen LogP contribution in [-0.4, -0.2) is 25.1 Å². The molecule has 8 nitrogen and oxygen atoms in total. The zero-order valence-corrected chi connectivity index (χ0v) is 10.00. The second-order valence-electron chi connectivity index (χ2n) is 3.68. The lowest BCUT2D eigenvalue weighted by Gasteiger charge is -2.06. The van der Waals surface area contributed by atoms with E-state index in [9.17, 15) is 14.4 Å². The molecule has 2 rings (SSSR count). The van der Waals surface area contributed by atoms with E-state index in [4.69, 9.17) is 4.74 Å². The Kier molecular flexibility index (Phi) is 2.70. The van der Waals surface area contributed by atoms with Crippen LogP contribution in [0.1, 0.15) is 6.92 Å². The number of carbonyl (C=O) groups excluding carboxylic acids is 1. The quantitative estimate of drug-likeness (QED) is 0.599. The van der Waals surface area contributed by atoms with Crippen molar-refractivity contribution in [1.29, 1.82) is 0 Å². The molecule has 0 aliphatic heterocycles. The summed E-state index contributed by atoms with van der Waals surface area (Å²) in [5.41, 5.74) is -0.978. The summed E-state index contributed by atoms with van der Waals surface area (Å²) in [6.45, 7) is 1.21.